The second kappa shape index (κ2) is 20.9. The molecule has 0 saturated carbocycles. The average molecular weight is 901 g/mol. The highest BCUT2D eigenvalue weighted by Gasteiger charge is 2.42. The van der Waals surface area contributed by atoms with Crippen LogP contribution in [0.4, 0.5) is 0 Å². The molecule has 0 amide bonds. The third kappa shape index (κ3) is 9.96. The Morgan fingerprint density at radius 2 is 0.797 bits per heavy atom. The lowest BCUT2D eigenvalue weighted by Crippen LogP contribution is -2.25. The van der Waals surface area contributed by atoms with Crippen molar-refractivity contribution in [3.05, 3.63) is 192 Å². The number of hydrogen-bond donors (Lipinski definition) is 0. The molecule has 0 aliphatic heterocycles. The largest absolute Gasteiger partial charge is 0.228 e. The number of fused-ring (bicyclic) bond motifs is 5. The molecule has 1 aliphatic rings. The summed E-state index contributed by atoms with van der Waals surface area (Å²) < 4.78 is 0. The highest BCUT2D eigenvalue weighted by atomic mass is 14.9. The van der Waals surface area contributed by atoms with Gasteiger partial charge in [0.25, 0.3) is 0 Å². The van der Waals surface area contributed by atoms with E-state index in [9.17, 15) is 0 Å². The molecule has 346 valence electrons. The summed E-state index contributed by atoms with van der Waals surface area (Å²) in [6.45, 7) is 9.10. The fraction of sp³-hybridized carbons (Fsp3) is 0.284. The Labute approximate surface area is 412 Å². The first-order valence-electron chi connectivity index (χ1n) is 26.3. The Balaban J connectivity index is 1.14. The predicted octanol–water partition coefficient (Wildman–Crippen LogP) is 19.5. The van der Waals surface area contributed by atoms with Crippen LogP contribution in [0.1, 0.15) is 126 Å². The minimum Gasteiger partial charge on any atom is -0.228 e. The Kier molecular flexibility index (Phi) is 14.0. The van der Waals surface area contributed by atoms with Gasteiger partial charge in [0.05, 0.1) is 11.4 Å². The SMILES string of the molecule is CCCCCCCCC1(CCCCCCCC)c2cc(C)ccc2-c2ccc(-c3cc(-c4ccc5cc6cc(C)ccc6cc5c4)cc(-c4nc(-c5ccccc5)cc(-c5ccccc5)n4)c3)cc21. The normalized spacial score (nSPS) is 12.7. The molecule has 69 heavy (non-hydrogen) atoms. The zero-order chi connectivity index (χ0) is 47.2. The molecule has 9 aromatic rings. The smallest absolute Gasteiger partial charge is 0.160 e. The van der Waals surface area contributed by atoms with Crippen molar-refractivity contribution in [3.63, 3.8) is 0 Å². The lowest BCUT2D eigenvalue weighted by Gasteiger charge is -2.33. The van der Waals surface area contributed by atoms with E-state index in [1.807, 2.05) is 0 Å². The minimum absolute atomic E-state index is 0.0139. The van der Waals surface area contributed by atoms with Gasteiger partial charge in [0.1, 0.15) is 0 Å². The van der Waals surface area contributed by atoms with Crippen LogP contribution >= 0.6 is 0 Å². The number of hydrogen-bond acceptors (Lipinski definition) is 2. The molecule has 0 bridgehead atoms. The van der Waals surface area contributed by atoms with Gasteiger partial charge in [-0.2, -0.15) is 0 Å². The maximum atomic E-state index is 5.39. The van der Waals surface area contributed by atoms with Gasteiger partial charge in [0.2, 0.25) is 0 Å². The lowest BCUT2D eigenvalue weighted by molar-refractivity contribution is 0.398. The number of benzene rings is 8. The molecule has 2 nitrogen and oxygen atoms in total. The Morgan fingerprint density at radius 1 is 0.333 bits per heavy atom. The van der Waals surface area contributed by atoms with Crippen molar-refractivity contribution in [1.82, 2.24) is 9.97 Å². The van der Waals surface area contributed by atoms with Gasteiger partial charge in [0, 0.05) is 22.1 Å². The van der Waals surface area contributed by atoms with E-state index in [1.165, 1.54) is 156 Å². The van der Waals surface area contributed by atoms with Crippen molar-refractivity contribution in [2.75, 3.05) is 0 Å². The van der Waals surface area contributed by atoms with E-state index >= 15 is 0 Å². The minimum atomic E-state index is -0.0139. The maximum absolute atomic E-state index is 5.39. The highest BCUT2D eigenvalue weighted by Crippen LogP contribution is 2.55. The number of aryl methyl sites for hydroxylation is 2. The first-order chi connectivity index (χ1) is 33.9. The second-order valence-corrected chi connectivity index (χ2v) is 20.2. The van der Waals surface area contributed by atoms with Crippen molar-refractivity contribution < 1.29 is 0 Å². The third-order valence-corrected chi connectivity index (χ3v) is 15.1. The van der Waals surface area contributed by atoms with E-state index in [-0.39, 0.29) is 5.41 Å². The maximum Gasteiger partial charge on any atom is 0.160 e. The van der Waals surface area contributed by atoms with E-state index in [2.05, 4.69) is 198 Å². The average Bonchev–Trinajstić information content (AvgIpc) is 3.65. The van der Waals surface area contributed by atoms with Crippen molar-refractivity contribution in [1.29, 1.82) is 0 Å². The van der Waals surface area contributed by atoms with Gasteiger partial charge in [-0.25, -0.2) is 9.97 Å². The van der Waals surface area contributed by atoms with Crippen molar-refractivity contribution >= 4 is 21.5 Å². The van der Waals surface area contributed by atoms with E-state index < -0.39 is 0 Å². The zero-order valence-corrected chi connectivity index (χ0v) is 41.5. The van der Waals surface area contributed by atoms with Crippen LogP contribution in [-0.4, -0.2) is 9.97 Å². The zero-order valence-electron chi connectivity index (χ0n) is 41.5. The molecule has 1 aromatic heterocycles. The van der Waals surface area contributed by atoms with Crippen LogP contribution in [0.5, 0.6) is 0 Å². The molecular weight excluding hydrogens is 833 g/mol. The van der Waals surface area contributed by atoms with Gasteiger partial charge in [-0.1, -0.05) is 223 Å². The number of nitrogens with zero attached hydrogens (tertiary/aromatic N) is 2. The Morgan fingerprint density at radius 3 is 1.41 bits per heavy atom. The van der Waals surface area contributed by atoms with Crippen LogP contribution in [0.3, 0.4) is 0 Å². The summed E-state index contributed by atoms with van der Waals surface area (Å²) in [4.78, 5) is 10.8. The van der Waals surface area contributed by atoms with Crippen LogP contribution in [0.2, 0.25) is 0 Å². The first-order valence-corrected chi connectivity index (χ1v) is 26.3. The summed E-state index contributed by atoms with van der Waals surface area (Å²) in [6, 6.07) is 63.5. The summed E-state index contributed by atoms with van der Waals surface area (Å²) >= 11 is 0. The van der Waals surface area contributed by atoms with Gasteiger partial charge in [0.15, 0.2) is 5.82 Å². The van der Waals surface area contributed by atoms with Gasteiger partial charge in [-0.15, -0.1) is 0 Å². The molecule has 0 N–H and O–H groups in total. The molecule has 0 radical (unpaired) electrons. The van der Waals surface area contributed by atoms with Crippen molar-refractivity contribution in [2.24, 2.45) is 0 Å². The molecule has 2 heteroatoms. The molecule has 1 aliphatic carbocycles. The van der Waals surface area contributed by atoms with Crippen LogP contribution in [0.15, 0.2) is 170 Å². The van der Waals surface area contributed by atoms with Crippen molar-refractivity contribution in [3.8, 4) is 67.3 Å². The number of aromatic nitrogens is 2. The predicted molar refractivity (Wildman–Crippen MR) is 296 cm³/mol. The van der Waals surface area contributed by atoms with E-state index in [1.54, 1.807) is 5.56 Å². The van der Waals surface area contributed by atoms with Crippen LogP contribution < -0.4 is 0 Å². The Bertz CT molecular complexity index is 3140. The fourth-order valence-electron chi connectivity index (χ4n) is 11.3. The van der Waals surface area contributed by atoms with Gasteiger partial charge in [-0.3, -0.25) is 0 Å². The molecule has 10 rings (SSSR count). The van der Waals surface area contributed by atoms with Crippen molar-refractivity contribution in [2.45, 2.75) is 123 Å². The standard InChI is InChI=1S/C67H68N2/c1-5-7-9-11-13-21-35-67(36-22-14-12-10-8-6-2)62-38-48(4)28-33-60(62)61-34-32-54(45-63(61)67)58-42-57(53-31-30-52-39-55-37-47(3)27-29-51(55)40-56(52)41-53)43-59(44-58)66-68-64(49-23-17-15-18-24-49)46-65(69-66)50-25-19-16-20-26-50/h15-20,23-34,37-46H,5-14,21-22,35-36H2,1-4H3. The highest BCUT2D eigenvalue weighted by molar-refractivity contribution is 6.00. The molecule has 1 heterocycles. The topological polar surface area (TPSA) is 25.8 Å². The van der Waals surface area contributed by atoms with Gasteiger partial charge >= 0.3 is 0 Å². The summed E-state index contributed by atoms with van der Waals surface area (Å²) in [5.41, 5.74) is 18.4. The molecule has 0 atom stereocenters. The monoisotopic (exact) mass is 901 g/mol. The molecule has 0 unspecified atom stereocenters. The van der Waals surface area contributed by atoms with Gasteiger partial charge < -0.3 is 0 Å². The van der Waals surface area contributed by atoms with Crippen LogP contribution in [0.25, 0.3) is 88.8 Å². The first kappa shape index (κ1) is 46.1. The van der Waals surface area contributed by atoms with E-state index in [4.69, 9.17) is 9.97 Å². The molecule has 0 spiro atoms. The third-order valence-electron chi connectivity index (χ3n) is 15.1. The van der Waals surface area contributed by atoms with Gasteiger partial charge in [-0.05, 0) is 141 Å². The van der Waals surface area contributed by atoms with Crippen LogP contribution in [-0.2, 0) is 5.41 Å². The molecular formula is C67H68N2. The quantitative estimate of drug-likeness (QED) is 0.0597. The summed E-state index contributed by atoms with van der Waals surface area (Å²) in [6.07, 6.45) is 18.1. The summed E-state index contributed by atoms with van der Waals surface area (Å²) in [7, 11) is 0. The molecule has 0 fully saturated rings. The fourth-order valence-corrected chi connectivity index (χ4v) is 11.3. The van der Waals surface area contributed by atoms with E-state index in [0.717, 1.165) is 39.5 Å². The van der Waals surface area contributed by atoms with E-state index in [0.29, 0.717) is 0 Å². The number of rotatable bonds is 19. The Hall–Kier alpha value is -6.64. The van der Waals surface area contributed by atoms with Crippen LogP contribution in [0, 0.1) is 13.8 Å². The molecule has 8 aromatic carbocycles. The lowest BCUT2D eigenvalue weighted by atomic mass is 9.70. The molecule has 0 saturated heterocycles. The second-order valence-electron chi connectivity index (χ2n) is 20.2. The summed E-state index contributed by atoms with van der Waals surface area (Å²) in [5.74, 6) is 0.727. The summed E-state index contributed by atoms with van der Waals surface area (Å²) in [5, 5.41) is 5.03. The number of unbranched alkanes of at least 4 members (excludes halogenated alkanes) is 10.